The number of carboxylic acid groups (broad SMARTS) is 1. The first kappa shape index (κ1) is 20.6. The van der Waals surface area contributed by atoms with Crippen molar-refractivity contribution in [1.82, 2.24) is 20.0 Å². The van der Waals surface area contributed by atoms with Gasteiger partial charge in [0.1, 0.15) is 0 Å². The first-order valence-corrected chi connectivity index (χ1v) is 10.1. The Morgan fingerprint density at radius 1 is 1.21 bits per heavy atom. The fourth-order valence-electron chi connectivity index (χ4n) is 4.11. The molecule has 28 heavy (non-hydrogen) atoms. The van der Waals surface area contributed by atoms with Crippen LogP contribution in [0.4, 0.5) is 4.79 Å². The molecule has 2 N–H and O–H groups in total. The molecule has 0 spiro atoms. The summed E-state index contributed by atoms with van der Waals surface area (Å²) in [4.78, 5) is 30.2. The highest BCUT2D eigenvalue weighted by atomic mass is 16.4. The maximum atomic E-state index is 12.3. The fraction of sp³-hybridized carbons (Fsp3) is 0.619. The van der Waals surface area contributed by atoms with Gasteiger partial charge in [-0.2, -0.15) is 0 Å². The van der Waals surface area contributed by atoms with E-state index >= 15 is 0 Å². The second-order valence-electron chi connectivity index (χ2n) is 8.35. The number of hydrogen-bond acceptors (Lipinski definition) is 4. The van der Waals surface area contributed by atoms with Crippen molar-refractivity contribution in [3.05, 3.63) is 35.9 Å². The van der Waals surface area contributed by atoms with Gasteiger partial charge < -0.3 is 20.2 Å². The number of nitrogens with one attached hydrogen (secondary N) is 1. The molecule has 2 unspecified atom stereocenters. The number of amides is 2. The molecular formula is C21H32N4O3. The summed E-state index contributed by atoms with van der Waals surface area (Å²) in [7, 11) is 2.16. The Morgan fingerprint density at radius 2 is 1.96 bits per heavy atom. The van der Waals surface area contributed by atoms with Crippen LogP contribution in [0.1, 0.15) is 31.4 Å². The first-order valence-electron chi connectivity index (χ1n) is 10.1. The second kappa shape index (κ2) is 8.92. The van der Waals surface area contributed by atoms with Crippen LogP contribution in [0.2, 0.25) is 0 Å². The Bertz CT molecular complexity index is 683. The number of carboxylic acids is 1. The van der Waals surface area contributed by atoms with Crippen LogP contribution in [0.3, 0.4) is 0 Å². The van der Waals surface area contributed by atoms with Gasteiger partial charge >= 0.3 is 12.0 Å². The summed E-state index contributed by atoms with van der Waals surface area (Å²) in [6.07, 6.45) is 1.39. The van der Waals surface area contributed by atoms with Gasteiger partial charge in [-0.3, -0.25) is 9.69 Å². The lowest BCUT2D eigenvalue weighted by Crippen LogP contribution is -2.47. The molecule has 2 amide bonds. The lowest BCUT2D eigenvalue weighted by atomic mass is 9.90. The van der Waals surface area contributed by atoms with Gasteiger partial charge in [-0.15, -0.1) is 0 Å². The monoisotopic (exact) mass is 388 g/mol. The number of aliphatic carboxylic acids is 1. The summed E-state index contributed by atoms with van der Waals surface area (Å²) < 4.78 is 0. The lowest BCUT2D eigenvalue weighted by molar-refractivity contribution is -0.147. The second-order valence-corrected chi connectivity index (χ2v) is 8.35. The number of carbonyl (C=O) groups is 2. The van der Waals surface area contributed by atoms with Gasteiger partial charge in [0, 0.05) is 51.9 Å². The van der Waals surface area contributed by atoms with E-state index in [1.807, 2.05) is 6.07 Å². The molecule has 7 nitrogen and oxygen atoms in total. The van der Waals surface area contributed by atoms with E-state index in [1.54, 1.807) is 11.8 Å². The van der Waals surface area contributed by atoms with Gasteiger partial charge in [-0.05, 0) is 32.4 Å². The van der Waals surface area contributed by atoms with E-state index in [0.717, 1.165) is 32.6 Å². The van der Waals surface area contributed by atoms with Gasteiger partial charge in [0.25, 0.3) is 0 Å². The van der Waals surface area contributed by atoms with E-state index in [2.05, 4.69) is 46.4 Å². The first-order chi connectivity index (χ1) is 13.4. The Morgan fingerprint density at radius 3 is 2.64 bits per heavy atom. The van der Waals surface area contributed by atoms with E-state index in [4.69, 9.17) is 0 Å². The van der Waals surface area contributed by atoms with Gasteiger partial charge in [-0.25, -0.2) is 4.79 Å². The minimum atomic E-state index is -0.829. The zero-order valence-electron chi connectivity index (χ0n) is 16.9. The molecule has 2 aliphatic heterocycles. The van der Waals surface area contributed by atoms with Crippen molar-refractivity contribution >= 4 is 12.0 Å². The molecule has 0 radical (unpaired) electrons. The van der Waals surface area contributed by atoms with Crippen molar-refractivity contribution in [2.45, 2.75) is 25.8 Å². The van der Waals surface area contributed by atoms with Gasteiger partial charge in [0.15, 0.2) is 0 Å². The molecular weight excluding hydrogens is 356 g/mol. The lowest BCUT2D eigenvalue weighted by Gasteiger charge is -2.40. The molecule has 2 fully saturated rings. The summed E-state index contributed by atoms with van der Waals surface area (Å²) in [6, 6.07) is 10.8. The van der Waals surface area contributed by atoms with Crippen molar-refractivity contribution in [3.8, 4) is 0 Å². The Kier molecular flexibility index (Phi) is 6.57. The zero-order valence-corrected chi connectivity index (χ0v) is 16.9. The Balaban J connectivity index is 1.45. The molecule has 2 aliphatic rings. The smallest absolute Gasteiger partial charge is 0.317 e. The topological polar surface area (TPSA) is 76.1 Å². The highest BCUT2D eigenvalue weighted by Gasteiger charge is 2.42. The molecule has 2 heterocycles. The number of rotatable bonds is 6. The summed E-state index contributed by atoms with van der Waals surface area (Å²) in [5, 5.41) is 12.3. The average molecular weight is 389 g/mol. The number of piperazine rings is 1. The quantitative estimate of drug-likeness (QED) is 0.728. The number of nitrogens with zero attached hydrogens (tertiary/aromatic N) is 3. The fourth-order valence-corrected chi connectivity index (χ4v) is 4.11. The van der Waals surface area contributed by atoms with Crippen LogP contribution >= 0.6 is 0 Å². The molecule has 0 aliphatic carbocycles. The third-order valence-corrected chi connectivity index (χ3v) is 6.05. The van der Waals surface area contributed by atoms with Crippen LogP contribution in [0, 0.1) is 5.41 Å². The molecule has 154 valence electrons. The van der Waals surface area contributed by atoms with E-state index in [9.17, 15) is 14.7 Å². The summed E-state index contributed by atoms with van der Waals surface area (Å²) >= 11 is 0. The molecule has 0 aromatic heterocycles. The molecule has 1 aromatic rings. The maximum Gasteiger partial charge on any atom is 0.317 e. The van der Waals surface area contributed by atoms with Crippen molar-refractivity contribution < 1.29 is 14.7 Å². The minimum Gasteiger partial charge on any atom is -0.481 e. The number of urea groups is 1. The normalized spacial score (nSPS) is 26.4. The van der Waals surface area contributed by atoms with Crippen molar-refractivity contribution in [3.63, 3.8) is 0 Å². The number of hydrogen-bond donors (Lipinski definition) is 2. The predicted octanol–water partition coefficient (Wildman–Crippen LogP) is 1.87. The van der Waals surface area contributed by atoms with Crippen molar-refractivity contribution in [2.24, 2.45) is 5.41 Å². The summed E-state index contributed by atoms with van der Waals surface area (Å²) in [5.74, 6) is -0.829. The van der Waals surface area contributed by atoms with Gasteiger partial charge in [0.05, 0.1) is 5.41 Å². The molecule has 2 atom stereocenters. The zero-order chi connectivity index (χ0) is 20.1. The minimum absolute atomic E-state index is 0.150. The van der Waals surface area contributed by atoms with Crippen LogP contribution < -0.4 is 5.32 Å². The van der Waals surface area contributed by atoms with Crippen LogP contribution in [0.25, 0.3) is 0 Å². The SMILES string of the molecule is CN1CCN(CCCNC(=O)N2CCC(C)(C(=O)O)C2)C(c2ccccc2)C1. The molecule has 3 rings (SSSR count). The third kappa shape index (κ3) is 4.83. The predicted molar refractivity (Wildman–Crippen MR) is 108 cm³/mol. The van der Waals surface area contributed by atoms with Crippen LogP contribution in [-0.4, -0.2) is 84.7 Å². The van der Waals surface area contributed by atoms with Crippen LogP contribution in [0.5, 0.6) is 0 Å². The van der Waals surface area contributed by atoms with E-state index in [0.29, 0.717) is 25.6 Å². The van der Waals surface area contributed by atoms with E-state index in [-0.39, 0.29) is 12.6 Å². The molecule has 0 saturated carbocycles. The molecule has 0 bridgehead atoms. The number of carbonyl (C=O) groups excluding carboxylic acids is 1. The summed E-state index contributed by atoms with van der Waals surface area (Å²) in [5.41, 5.74) is 0.517. The number of likely N-dealkylation sites (tertiary alicyclic amines) is 1. The van der Waals surface area contributed by atoms with Crippen LogP contribution in [-0.2, 0) is 4.79 Å². The largest absolute Gasteiger partial charge is 0.481 e. The highest BCUT2D eigenvalue weighted by Crippen LogP contribution is 2.30. The van der Waals surface area contributed by atoms with Crippen LogP contribution in [0.15, 0.2) is 30.3 Å². The van der Waals surface area contributed by atoms with Gasteiger partial charge in [0.2, 0.25) is 0 Å². The van der Waals surface area contributed by atoms with E-state index in [1.165, 1.54) is 5.56 Å². The summed E-state index contributed by atoms with van der Waals surface area (Å²) in [6.45, 7) is 7.11. The van der Waals surface area contributed by atoms with E-state index < -0.39 is 11.4 Å². The van der Waals surface area contributed by atoms with Crippen molar-refractivity contribution in [1.29, 1.82) is 0 Å². The van der Waals surface area contributed by atoms with Crippen molar-refractivity contribution in [2.75, 3.05) is 52.9 Å². The standard InChI is InChI=1S/C21H32N4O3/c1-21(19(26)27)9-12-25(16-21)20(28)22-10-6-11-24-14-13-23(2)15-18(24)17-7-4-3-5-8-17/h3-5,7-8,18H,6,9-16H2,1-2H3,(H,22,28)(H,26,27). The highest BCUT2D eigenvalue weighted by molar-refractivity contribution is 5.79. The maximum absolute atomic E-state index is 12.3. The number of likely N-dealkylation sites (N-methyl/N-ethyl adjacent to an activating group) is 1. The number of benzene rings is 1. The molecule has 1 aromatic carbocycles. The van der Waals surface area contributed by atoms with Gasteiger partial charge in [-0.1, -0.05) is 30.3 Å². The Hall–Kier alpha value is -2.12. The third-order valence-electron chi connectivity index (χ3n) is 6.05. The molecule has 7 heteroatoms. The Labute approximate surface area is 167 Å². The average Bonchev–Trinajstić information content (AvgIpc) is 3.10. The molecule has 2 saturated heterocycles.